The molecule has 1 aromatic carbocycles. The van der Waals surface area contributed by atoms with Gasteiger partial charge in [-0.3, -0.25) is 14.5 Å². The second kappa shape index (κ2) is 8.62. The summed E-state index contributed by atoms with van der Waals surface area (Å²) in [6, 6.07) is 6.72. The molecule has 29 heavy (non-hydrogen) atoms. The van der Waals surface area contributed by atoms with Gasteiger partial charge in [0.25, 0.3) is 0 Å². The van der Waals surface area contributed by atoms with E-state index in [-0.39, 0.29) is 30.8 Å². The maximum absolute atomic E-state index is 13.3. The Bertz CT molecular complexity index is 868. The average molecular weight is 442 g/mol. The van der Waals surface area contributed by atoms with Gasteiger partial charge in [0.1, 0.15) is 5.54 Å². The second-order valence-corrected chi connectivity index (χ2v) is 10.5. The summed E-state index contributed by atoms with van der Waals surface area (Å²) in [5, 5.41) is 3.56. The van der Waals surface area contributed by atoms with E-state index in [0.717, 1.165) is 30.0 Å². The zero-order valence-electron chi connectivity index (χ0n) is 16.9. The van der Waals surface area contributed by atoms with Crippen LogP contribution in [0.25, 0.3) is 0 Å². The molecule has 1 aliphatic heterocycles. The zero-order valence-corrected chi connectivity index (χ0v) is 18.4. The summed E-state index contributed by atoms with van der Waals surface area (Å²) in [5.41, 5.74) is -0.831. The molecule has 9 heteroatoms. The molecule has 7 nitrogen and oxygen atoms in total. The number of piperazine rings is 1. The van der Waals surface area contributed by atoms with Crippen molar-refractivity contribution in [2.75, 3.05) is 23.7 Å². The first kappa shape index (κ1) is 22.1. The molecule has 1 aliphatic carbocycles. The van der Waals surface area contributed by atoms with Gasteiger partial charge in [0.15, 0.2) is 0 Å². The summed E-state index contributed by atoms with van der Waals surface area (Å²) >= 11 is 5.98. The molecule has 160 valence electrons. The molecule has 2 fully saturated rings. The molecule has 0 bridgehead atoms. The Kier molecular flexibility index (Phi) is 6.55. The second-order valence-electron chi connectivity index (χ2n) is 8.02. The Labute approximate surface area is 177 Å². The number of nitrogens with one attached hydrogen (secondary N) is 1. The van der Waals surface area contributed by atoms with Crippen LogP contribution in [0.5, 0.6) is 0 Å². The molecule has 1 unspecified atom stereocenters. The smallest absolute Gasteiger partial charge is 0.247 e. The van der Waals surface area contributed by atoms with Gasteiger partial charge in [0.05, 0.1) is 12.3 Å². The molecular weight excluding hydrogens is 414 g/mol. The van der Waals surface area contributed by atoms with Crippen LogP contribution in [0.3, 0.4) is 0 Å². The molecular formula is C20H28ClN3O4S. The molecule has 1 saturated heterocycles. The van der Waals surface area contributed by atoms with Crippen molar-refractivity contribution in [3.8, 4) is 0 Å². The van der Waals surface area contributed by atoms with Crippen molar-refractivity contribution in [2.24, 2.45) is 0 Å². The van der Waals surface area contributed by atoms with Crippen molar-refractivity contribution in [3.05, 3.63) is 29.3 Å². The maximum atomic E-state index is 13.3. The normalized spacial score (nSPS) is 24.1. The van der Waals surface area contributed by atoms with E-state index in [0.29, 0.717) is 17.1 Å². The van der Waals surface area contributed by atoms with E-state index in [1.807, 2.05) is 0 Å². The van der Waals surface area contributed by atoms with Crippen molar-refractivity contribution in [3.63, 3.8) is 0 Å². The topological polar surface area (TPSA) is 86.8 Å². The number of nitrogens with zero attached hydrogens (tertiary/aromatic N) is 2. The number of benzene rings is 1. The highest BCUT2D eigenvalue weighted by Crippen LogP contribution is 2.32. The minimum Gasteiger partial charge on any atom is -0.351 e. The number of hydrogen-bond donors (Lipinski definition) is 1. The molecule has 0 radical (unpaired) electrons. The van der Waals surface area contributed by atoms with Gasteiger partial charge in [-0.15, -0.1) is 0 Å². The fraction of sp³-hybridized carbons (Fsp3) is 0.600. The summed E-state index contributed by atoms with van der Waals surface area (Å²) in [7, 11) is -3.63. The van der Waals surface area contributed by atoms with Gasteiger partial charge in [-0.2, -0.15) is 4.31 Å². The van der Waals surface area contributed by atoms with Gasteiger partial charge in [0.2, 0.25) is 21.8 Å². The summed E-state index contributed by atoms with van der Waals surface area (Å²) < 4.78 is 26.5. The van der Waals surface area contributed by atoms with Crippen molar-refractivity contribution >= 4 is 39.1 Å². The lowest BCUT2D eigenvalue weighted by Crippen LogP contribution is -2.70. The van der Waals surface area contributed by atoms with Crippen LogP contribution < -0.4 is 10.2 Å². The molecule has 0 aromatic heterocycles. The molecule has 1 atom stereocenters. The van der Waals surface area contributed by atoms with Crippen molar-refractivity contribution in [2.45, 2.75) is 57.5 Å². The van der Waals surface area contributed by atoms with Crippen LogP contribution in [0.4, 0.5) is 5.69 Å². The molecule has 2 amide bonds. The van der Waals surface area contributed by atoms with Crippen LogP contribution in [0, 0.1) is 0 Å². The van der Waals surface area contributed by atoms with E-state index in [1.54, 1.807) is 38.1 Å². The minimum atomic E-state index is -3.63. The van der Waals surface area contributed by atoms with Gasteiger partial charge in [-0.25, -0.2) is 8.42 Å². The third-order valence-corrected chi connectivity index (χ3v) is 7.88. The van der Waals surface area contributed by atoms with Gasteiger partial charge >= 0.3 is 0 Å². The highest BCUT2D eigenvalue weighted by atomic mass is 35.5. The predicted molar refractivity (Wildman–Crippen MR) is 113 cm³/mol. The highest BCUT2D eigenvalue weighted by Gasteiger charge is 2.51. The van der Waals surface area contributed by atoms with Gasteiger partial charge in [0, 0.05) is 23.3 Å². The molecule has 3 rings (SSSR count). The van der Waals surface area contributed by atoms with Crippen LogP contribution >= 0.6 is 11.6 Å². The molecule has 2 aliphatic rings. The van der Waals surface area contributed by atoms with Crippen LogP contribution in [0.2, 0.25) is 5.02 Å². The van der Waals surface area contributed by atoms with Crippen LogP contribution in [0.1, 0.15) is 46.0 Å². The van der Waals surface area contributed by atoms with Crippen LogP contribution in [-0.2, 0) is 19.6 Å². The third kappa shape index (κ3) is 4.59. The van der Waals surface area contributed by atoms with Gasteiger partial charge in [-0.05, 0) is 50.5 Å². The summed E-state index contributed by atoms with van der Waals surface area (Å²) in [5.74, 6) is -0.812. The van der Waals surface area contributed by atoms with Gasteiger partial charge in [-0.1, -0.05) is 31.4 Å². The lowest BCUT2D eigenvalue weighted by molar-refractivity contribution is -0.133. The number of carbonyl (C=O) groups is 2. The van der Waals surface area contributed by atoms with E-state index in [4.69, 9.17) is 11.6 Å². The van der Waals surface area contributed by atoms with Crippen molar-refractivity contribution < 1.29 is 18.0 Å². The van der Waals surface area contributed by atoms with E-state index < -0.39 is 21.5 Å². The van der Waals surface area contributed by atoms with Crippen LogP contribution in [0.15, 0.2) is 24.3 Å². The highest BCUT2D eigenvalue weighted by molar-refractivity contribution is 7.89. The first-order valence-corrected chi connectivity index (χ1v) is 12.0. The van der Waals surface area contributed by atoms with E-state index in [2.05, 4.69) is 5.32 Å². The average Bonchev–Trinajstić information content (AvgIpc) is 3.15. The van der Waals surface area contributed by atoms with Crippen molar-refractivity contribution in [1.82, 2.24) is 9.62 Å². The summed E-state index contributed by atoms with van der Waals surface area (Å²) in [6.45, 7) is 3.05. The standard InChI is InChI=1S/C20H28ClN3O4S/c1-3-12-29(27,28)23-13-18(25)24(17-10-8-15(21)9-11-17)20(2,14-23)19(26)22-16-6-4-5-7-16/h8-11,16H,3-7,12-14H2,1-2H3,(H,22,26). The Morgan fingerprint density at radius 3 is 2.45 bits per heavy atom. The fourth-order valence-electron chi connectivity index (χ4n) is 4.15. The fourth-order valence-corrected chi connectivity index (χ4v) is 5.81. The molecule has 1 aromatic rings. The molecule has 0 spiro atoms. The maximum Gasteiger partial charge on any atom is 0.247 e. The van der Waals surface area contributed by atoms with Crippen molar-refractivity contribution in [1.29, 1.82) is 0 Å². The quantitative estimate of drug-likeness (QED) is 0.734. The number of anilines is 1. The first-order valence-electron chi connectivity index (χ1n) is 10.0. The van der Waals surface area contributed by atoms with Crippen LogP contribution in [-0.4, -0.2) is 55.0 Å². The van der Waals surface area contributed by atoms with Gasteiger partial charge < -0.3 is 5.32 Å². The number of sulfonamides is 1. The number of amides is 2. The van der Waals surface area contributed by atoms with E-state index in [9.17, 15) is 18.0 Å². The number of halogens is 1. The number of carbonyl (C=O) groups excluding carboxylic acids is 2. The monoisotopic (exact) mass is 441 g/mol. The Morgan fingerprint density at radius 1 is 1.24 bits per heavy atom. The van der Waals surface area contributed by atoms with E-state index >= 15 is 0 Å². The SMILES string of the molecule is CCCS(=O)(=O)N1CC(=O)N(c2ccc(Cl)cc2)C(C)(C(=O)NC2CCCC2)C1. The molecule has 1 N–H and O–H groups in total. The third-order valence-electron chi connectivity index (χ3n) is 5.66. The first-order chi connectivity index (χ1) is 13.7. The number of hydrogen-bond acceptors (Lipinski definition) is 4. The Morgan fingerprint density at radius 2 is 1.86 bits per heavy atom. The predicted octanol–water partition coefficient (Wildman–Crippen LogP) is 2.55. The largest absolute Gasteiger partial charge is 0.351 e. The summed E-state index contributed by atoms with van der Waals surface area (Å²) in [4.78, 5) is 27.9. The van der Waals surface area contributed by atoms with E-state index in [1.165, 1.54) is 4.90 Å². The zero-order chi connectivity index (χ0) is 21.2. The Hall–Kier alpha value is -1.64. The lowest BCUT2D eigenvalue weighted by atomic mass is 9.94. The lowest BCUT2D eigenvalue weighted by Gasteiger charge is -2.47. The molecule has 1 heterocycles. The summed E-state index contributed by atoms with van der Waals surface area (Å²) in [6.07, 6.45) is 4.35. The number of rotatable bonds is 6. The minimum absolute atomic E-state index is 0.0540. The Balaban J connectivity index is 1.98. The molecule has 1 saturated carbocycles.